The molecule has 2 aromatic carbocycles. The normalized spacial score (nSPS) is 11.9. The lowest BCUT2D eigenvalue weighted by Crippen LogP contribution is -2.09. The molecule has 0 aliphatic carbocycles. The summed E-state index contributed by atoms with van der Waals surface area (Å²) in [5.74, 6) is -0.646. The van der Waals surface area contributed by atoms with Crippen LogP contribution in [0.25, 0.3) is 0 Å². The molecular weight excluding hydrogens is 283 g/mol. The third-order valence-corrected chi connectivity index (χ3v) is 3.24. The van der Waals surface area contributed by atoms with E-state index in [1.807, 2.05) is 19.1 Å². The average molecular weight is 295 g/mol. The molecule has 1 atom stereocenters. The highest BCUT2D eigenvalue weighted by molar-refractivity contribution is 6.31. The van der Waals surface area contributed by atoms with Gasteiger partial charge in [-0.05, 0) is 30.7 Å². The van der Waals surface area contributed by atoms with Crippen LogP contribution in [-0.4, -0.2) is 4.92 Å². The molecule has 2 rings (SSSR count). The van der Waals surface area contributed by atoms with E-state index in [-0.39, 0.29) is 17.4 Å². The topological polar surface area (TPSA) is 55.2 Å². The zero-order chi connectivity index (χ0) is 14.7. The van der Waals surface area contributed by atoms with Gasteiger partial charge in [0.25, 0.3) is 5.69 Å². The minimum Gasteiger partial charge on any atom is -0.373 e. The van der Waals surface area contributed by atoms with Crippen molar-refractivity contribution in [3.8, 4) is 0 Å². The molecule has 0 aliphatic heterocycles. The second-order valence-electron chi connectivity index (χ2n) is 4.31. The molecule has 4 nitrogen and oxygen atoms in total. The SMILES string of the molecule is C[C@@H](Nc1ccc(F)cc1[N+](=O)[O-])c1ccccc1Cl. The molecule has 0 radical (unpaired) electrons. The summed E-state index contributed by atoms with van der Waals surface area (Å²) in [7, 11) is 0. The summed E-state index contributed by atoms with van der Waals surface area (Å²) in [5.41, 5.74) is 0.764. The first-order valence-corrected chi connectivity index (χ1v) is 6.31. The number of hydrogen-bond acceptors (Lipinski definition) is 3. The van der Waals surface area contributed by atoms with Crippen LogP contribution in [0.3, 0.4) is 0 Å². The van der Waals surface area contributed by atoms with Gasteiger partial charge in [-0.25, -0.2) is 4.39 Å². The van der Waals surface area contributed by atoms with Crippen LogP contribution in [0, 0.1) is 15.9 Å². The molecule has 0 fully saturated rings. The second-order valence-corrected chi connectivity index (χ2v) is 4.71. The van der Waals surface area contributed by atoms with Crippen LogP contribution >= 0.6 is 11.6 Å². The predicted molar refractivity (Wildman–Crippen MR) is 76.5 cm³/mol. The third kappa shape index (κ3) is 3.05. The Morgan fingerprint density at radius 3 is 2.65 bits per heavy atom. The molecule has 0 bridgehead atoms. The van der Waals surface area contributed by atoms with Crippen LogP contribution in [0.1, 0.15) is 18.5 Å². The quantitative estimate of drug-likeness (QED) is 0.664. The van der Waals surface area contributed by atoms with Crippen molar-refractivity contribution in [3.63, 3.8) is 0 Å². The van der Waals surface area contributed by atoms with Crippen molar-refractivity contribution >= 4 is 23.0 Å². The Hall–Kier alpha value is -2.14. The number of hydrogen-bond donors (Lipinski definition) is 1. The lowest BCUT2D eigenvalue weighted by molar-refractivity contribution is -0.384. The highest BCUT2D eigenvalue weighted by Crippen LogP contribution is 2.30. The molecule has 20 heavy (non-hydrogen) atoms. The van der Waals surface area contributed by atoms with E-state index < -0.39 is 10.7 Å². The molecule has 0 saturated heterocycles. The summed E-state index contributed by atoms with van der Waals surface area (Å²) in [4.78, 5) is 10.3. The first kappa shape index (κ1) is 14.3. The molecule has 0 heterocycles. The highest BCUT2D eigenvalue weighted by atomic mass is 35.5. The standard InChI is InChI=1S/C14H12ClFN2O2/c1-9(11-4-2-3-5-12(11)15)17-13-7-6-10(16)8-14(13)18(19)20/h2-9,17H,1H3/t9-/m1/s1. The van der Waals surface area contributed by atoms with Crippen LogP contribution in [0.4, 0.5) is 15.8 Å². The fourth-order valence-corrected chi connectivity index (χ4v) is 2.21. The van der Waals surface area contributed by atoms with E-state index in [4.69, 9.17) is 11.6 Å². The monoisotopic (exact) mass is 294 g/mol. The number of halogens is 2. The fourth-order valence-electron chi connectivity index (χ4n) is 1.92. The van der Waals surface area contributed by atoms with Gasteiger partial charge >= 0.3 is 0 Å². The van der Waals surface area contributed by atoms with E-state index in [2.05, 4.69) is 5.32 Å². The lowest BCUT2D eigenvalue weighted by Gasteiger charge is -2.16. The first-order valence-electron chi connectivity index (χ1n) is 5.94. The summed E-state index contributed by atoms with van der Waals surface area (Å²) in [6.07, 6.45) is 0. The Morgan fingerprint density at radius 2 is 2.00 bits per heavy atom. The molecule has 0 saturated carbocycles. The number of nitrogens with zero attached hydrogens (tertiary/aromatic N) is 1. The van der Waals surface area contributed by atoms with Crippen molar-refractivity contribution < 1.29 is 9.31 Å². The maximum atomic E-state index is 13.1. The van der Waals surface area contributed by atoms with Gasteiger partial charge in [-0.2, -0.15) is 0 Å². The van der Waals surface area contributed by atoms with Crippen molar-refractivity contribution in [2.75, 3.05) is 5.32 Å². The summed E-state index contributed by atoms with van der Waals surface area (Å²) in [6, 6.07) is 10.4. The van der Waals surface area contributed by atoms with Gasteiger partial charge in [-0.1, -0.05) is 29.8 Å². The largest absolute Gasteiger partial charge is 0.373 e. The maximum Gasteiger partial charge on any atom is 0.295 e. The summed E-state index contributed by atoms with van der Waals surface area (Å²) >= 11 is 6.08. The zero-order valence-electron chi connectivity index (χ0n) is 10.6. The van der Waals surface area contributed by atoms with Crippen molar-refractivity contribution in [3.05, 3.63) is 69.0 Å². The van der Waals surface area contributed by atoms with Gasteiger partial charge in [-0.3, -0.25) is 10.1 Å². The van der Waals surface area contributed by atoms with E-state index in [9.17, 15) is 14.5 Å². The number of nitro groups is 1. The van der Waals surface area contributed by atoms with E-state index in [0.717, 1.165) is 11.6 Å². The molecule has 0 aromatic heterocycles. The number of nitrogens with one attached hydrogen (secondary N) is 1. The molecule has 1 N–H and O–H groups in total. The Labute approximate surface area is 120 Å². The third-order valence-electron chi connectivity index (χ3n) is 2.90. The maximum absolute atomic E-state index is 13.1. The van der Waals surface area contributed by atoms with Gasteiger partial charge in [-0.15, -0.1) is 0 Å². The summed E-state index contributed by atoms with van der Waals surface area (Å²) in [6.45, 7) is 1.83. The Balaban J connectivity index is 2.31. The Morgan fingerprint density at radius 1 is 1.30 bits per heavy atom. The van der Waals surface area contributed by atoms with Crippen LogP contribution in [0.15, 0.2) is 42.5 Å². The zero-order valence-corrected chi connectivity index (χ0v) is 11.4. The number of nitro benzene ring substituents is 1. The lowest BCUT2D eigenvalue weighted by atomic mass is 10.1. The van der Waals surface area contributed by atoms with Crippen LogP contribution < -0.4 is 5.32 Å². The van der Waals surface area contributed by atoms with Gasteiger partial charge < -0.3 is 5.32 Å². The Bertz CT molecular complexity index is 649. The molecule has 0 amide bonds. The minimum absolute atomic E-state index is 0.243. The van der Waals surface area contributed by atoms with Crippen LogP contribution in [0.5, 0.6) is 0 Å². The van der Waals surface area contributed by atoms with Gasteiger partial charge in [0.2, 0.25) is 0 Å². The van der Waals surface area contributed by atoms with E-state index in [1.165, 1.54) is 12.1 Å². The van der Waals surface area contributed by atoms with Gasteiger partial charge in [0.05, 0.1) is 17.0 Å². The molecular formula is C14H12ClFN2O2. The van der Waals surface area contributed by atoms with Gasteiger partial charge in [0.15, 0.2) is 0 Å². The van der Waals surface area contributed by atoms with Crippen molar-refractivity contribution in [2.24, 2.45) is 0 Å². The molecule has 0 unspecified atom stereocenters. The summed E-state index contributed by atoms with van der Waals surface area (Å²) < 4.78 is 13.1. The van der Waals surface area contributed by atoms with Crippen molar-refractivity contribution in [2.45, 2.75) is 13.0 Å². The second kappa shape index (κ2) is 5.88. The first-order chi connectivity index (χ1) is 9.49. The summed E-state index contributed by atoms with van der Waals surface area (Å²) in [5, 5.41) is 14.5. The highest BCUT2D eigenvalue weighted by Gasteiger charge is 2.18. The van der Waals surface area contributed by atoms with E-state index in [0.29, 0.717) is 5.02 Å². The van der Waals surface area contributed by atoms with Crippen molar-refractivity contribution in [1.29, 1.82) is 0 Å². The van der Waals surface area contributed by atoms with Crippen molar-refractivity contribution in [1.82, 2.24) is 0 Å². The predicted octanol–water partition coefficient (Wildman–Crippen LogP) is 4.56. The smallest absolute Gasteiger partial charge is 0.295 e. The van der Waals surface area contributed by atoms with Crippen LogP contribution in [-0.2, 0) is 0 Å². The molecule has 0 aliphatic rings. The molecule has 0 spiro atoms. The Kier molecular flexibility index (Phi) is 4.20. The number of rotatable bonds is 4. The molecule has 2 aromatic rings. The minimum atomic E-state index is -0.646. The average Bonchev–Trinajstić information content (AvgIpc) is 2.41. The van der Waals surface area contributed by atoms with Gasteiger partial charge in [0, 0.05) is 5.02 Å². The van der Waals surface area contributed by atoms with E-state index in [1.54, 1.807) is 12.1 Å². The van der Waals surface area contributed by atoms with E-state index >= 15 is 0 Å². The number of anilines is 1. The molecule has 104 valence electrons. The van der Waals surface area contributed by atoms with Crippen LogP contribution in [0.2, 0.25) is 5.02 Å². The molecule has 6 heteroatoms. The number of benzene rings is 2. The van der Waals surface area contributed by atoms with Gasteiger partial charge in [0.1, 0.15) is 11.5 Å². The fraction of sp³-hybridized carbons (Fsp3) is 0.143.